The molecule has 1 unspecified atom stereocenters. The molecule has 9 heteroatoms. The zero-order chi connectivity index (χ0) is 17.1. The number of piperidine rings is 1. The molecule has 2 rings (SSSR count). The molecular formula is C14H18ClF3N2O2S. The highest BCUT2D eigenvalue weighted by Gasteiger charge is 2.38. The SMILES string of the molecule is O=S(=O)(NCCC1CCCNC1)c1c(Cl)cccc1C(F)(F)F. The first kappa shape index (κ1) is 18.5. The molecule has 1 aliphatic rings. The molecular weight excluding hydrogens is 353 g/mol. The zero-order valence-corrected chi connectivity index (χ0v) is 13.9. The van der Waals surface area contributed by atoms with Crippen LogP contribution >= 0.6 is 11.6 Å². The molecule has 1 atom stereocenters. The third-order valence-corrected chi connectivity index (χ3v) is 5.77. The smallest absolute Gasteiger partial charge is 0.316 e. The molecule has 0 radical (unpaired) electrons. The number of alkyl halides is 3. The van der Waals surface area contributed by atoms with Crippen molar-refractivity contribution in [3.8, 4) is 0 Å². The maximum Gasteiger partial charge on any atom is 0.417 e. The lowest BCUT2D eigenvalue weighted by Gasteiger charge is -2.22. The number of benzene rings is 1. The minimum absolute atomic E-state index is 0.0806. The van der Waals surface area contributed by atoms with Crippen LogP contribution in [0.4, 0.5) is 13.2 Å². The summed E-state index contributed by atoms with van der Waals surface area (Å²) >= 11 is 5.72. The summed E-state index contributed by atoms with van der Waals surface area (Å²) in [4.78, 5) is -0.907. The van der Waals surface area contributed by atoms with E-state index < -0.39 is 31.7 Å². The fourth-order valence-corrected chi connectivity index (χ4v) is 4.45. The van der Waals surface area contributed by atoms with E-state index >= 15 is 0 Å². The molecule has 0 aliphatic carbocycles. The Balaban J connectivity index is 2.13. The van der Waals surface area contributed by atoms with E-state index in [0.717, 1.165) is 38.1 Å². The van der Waals surface area contributed by atoms with E-state index in [9.17, 15) is 21.6 Å². The Kier molecular flexibility index (Phi) is 5.94. The van der Waals surface area contributed by atoms with Crippen LogP contribution in [-0.4, -0.2) is 28.1 Å². The standard InChI is InChI=1S/C14H18ClF3N2O2S/c15-12-5-1-4-11(14(16,17)18)13(12)23(21,22)20-8-6-10-3-2-7-19-9-10/h1,4-5,10,19-20H,2-3,6-9H2. The Bertz CT molecular complexity index is 644. The van der Waals surface area contributed by atoms with E-state index in [1.165, 1.54) is 0 Å². The molecule has 1 aliphatic heterocycles. The Labute approximate surface area is 138 Å². The van der Waals surface area contributed by atoms with Gasteiger partial charge < -0.3 is 5.32 Å². The third kappa shape index (κ3) is 4.82. The molecule has 0 spiro atoms. The molecule has 1 aromatic rings. The summed E-state index contributed by atoms with van der Waals surface area (Å²) in [5.74, 6) is 0.319. The van der Waals surface area contributed by atoms with Gasteiger partial charge in [0.15, 0.2) is 0 Å². The summed E-state index contributed by atoms with van der Waals surface area (Å²) in [6.07, 6.45) is -2.23. The van der Waals surface area contributed by atoms with Crippen molar-refractivity contribution in [1.29, 1.82) is 0 Å². The van der Waals surface area contributed by atoms with Crippen molar-refractivity contribution in [3.63, 3.8) is 0 Å². The molecule has 0 bridgehead atoms. The second kappa shape index (κ2) is 7.38. The largest absolute Gasteiger partial charge is 0.417 e. The Morgan fingerprint density at radius 3 is 2.70 bits per heavy atom. The fourth-order valence-electron chi connectivity index (χ4n) is 2.65. The van der Waals surface area contributed by atoms with Crippen LogP contribution in [0.15, 0.2) is 23.1 Å². The van der Waals surface area contributed by atoms with Gasteiger partial charge in [0.05, 0.1) is 10.6 Å². The third-order valence-electron chi connectivity index (χ3n) is 3.78. The Morgan fingerprint density at radius 1 is 1.35 bits per heavy atom. The first-order valence-electron chi connectivity index (χ1n) is 7.28. The van der Waals surface area contributed by atoms with Crippen LogP contribution in [-0.2, 0) is 16.2 Å². The van der Waals surface area contributed by atoms with Crippen molar-refractivity contribution < 1.29 is 21.6 Å². The van der Waals surface area contributed by atoms with Crippen LogP contribution in [0.2, 0.25) is 5.02 Å². The van der Waals surface area contributed by atoms with Gasteiger partial charge in [-0.05, 0) is 50.4 Å². The minimum Gasteiger partial charge on any atom is -0.316 e. The summed E-state index contributed by atoms with van der Waals surface area (Å²) in [5, 5.41) is 2.77. The monoisotopic (exact) mass is 370 g/mol. The van der Waals surface area contributed by atoms with Crippen molar-refractivity contribution in [3.05, 3.63) is 28.8 Å². The highest BCUT2D eigenvalue weighted by molar-refractivity contribution is 7.89. The molecule has 2 N–H and O–H groups in total. The number of sulfonamides is 1. The quantitative estimate of drug-likeness (QED) is 0.837. The summed E-state index contributed by atoms with van der Waals surface area (Å²) in [6, 6.07) is 2.93. The predicted octanol–water partition coefficient (Wildman–Crippen LogP) is 3.03. The molecule has 130 valence electrons. The second-order valence-electron chi connectivity index (χ2n) is 5.51. The van der Waals surface area contributed by atoms with Crippen molar-refractivity contribution >= 4 is 21.6 Å². The number of nitrogens with one attached hydrogen (secondary N) is 2. The van der Waals surface area contributed by atoms with E-state index in [-0.39, 0.29) is 6.54 Å². The fraction of sp³-hybridized carbons (Fsp3) is 0.571. The maximum atomic E-state index is 13.0. The van der Waals surface area contributed by atoms with Crippen molar-refractivity contribution in [2.24, 2.45) is 5.92 Å². The van der Waals surface area contributed by atoms with Gasteiger partial charge in [0.1, 0.15) is 4.90 Å². The van der Waals surface area contributed by atoms with Crippen molar-refractivity contribution in [1.82, 2.24) is 10.0 Å². The normalized spacial score (nSPS) is 19.7. The topological polar surface area (TPSA) is 58.2 Å². The summed E-state index contributed by atoms with van der Waals surface area (Å²) in [6.45, 7) is 1.82. The van der Waals surface area contributed by atoms with Gasteiger partial charge in [-0.25, -0.2) is 13.1 Å². The first-order valence-corrected chi connectivity index (χ1v) is 9.14. The summed E-state index contributed by atoms with van der Waals surface area (Å²) < 4.78 is 65.8. The first-order chi connectivity index (χ1) is 10.7. The molecule has 0 amide bonds. The van der Waals surface area contributed by atoms with Crippen LogP contribution < -0.4 is 10.0 Å². The molecule has 23 heavy (non-hydrogen) atoms. The Hall–Kier alpha value is -0.830. The average molecular weight is 371 g/mol. The van der Waals surface area contributed by atoms with E-state index in [1.54, 1.807) is 0 Å². The molecule has 1 aromatic carbocycles. The van der Waals surface area contributed by atoms with Crippen LogP contribution in [0.25, 0.3) is 0 Å². The average Bonchev–Trinajstić information content (AvgIpc) is 2.46. The van der Waals surface area contributed by atoms with Crippen LogP contribution in [0.3, 0.4) is 0 Å². The second-order valence-corrected chi connectivity index (χ2v) is 7.62. The number of halogens is 4. The Morgan fingerprint density at radius 2 is 2.09 bits per heavy atom. The number of rotatable bonds is 5. The van der Waals surface area contributed by atoms with Gasteiger partial charge in [0.25, 0.3) is 0 Å². The van der Waals surface area contributed by atoms with Gasteiger partial charge in [0, 0.05) is 6.54 Å². The molecule has 4 nitrogen and oxygen atoms in total. The van der Waals surface area contributed by atoms with Crippen LogP contribution in [0.1, 0.15) is 24.8 Å². The summed E-state index contributed by atoms with van der Waals surface area (Å²) in [7, 11) is -4.33. The van der Waals surface area contributed by atoms with Crippen molar-refractivity contribution in [2.45, 2.75) is 30.3 Å². The van der Waals surface area contributed by atoms with Gasteiger partial charge >= 0.3 is 6.18 Å². The van der Waals surface area contributed by atoms with Gasteiger partial charge in [-0.2, -0.15) is 13.2 Å². The van der Waals surface area contributed by atoms with Crippen LogP contribution in [0, 0.1) is 5.92 Å². The maximum absolute atomic E-state index is 13.0. The molecule has 1 saturated heterocycles. The minimum atomic E-state index is -4.79. The van der Waals surface area contributed by atoms with Gasteiger partial charge in [-0.3, -0.25) is 0 Å². The highest BCUT2D eigenvalue weighted by Crippen LogP contribution is 2.37. The zero-order valence-electron chi connectivity index (χ0n) is 12.3. The predicted molar refractivity (Wildman–Crippen MR) is 81.9 cm³/mol. The summed E-state index contributed by atoms with van der Waals surface area (Å²) in [5.41, 5.74) is -1.25. The lowest BCUT2D eigenvalue weighted by atomic mass is 9.96. The number of hydrogen-bond acceptors (Lipinski definition) is 3. The highest BCUT2D eigenvalue weighted by atomic mass is 35.5. The van der Waals surface area contributed by atoms with Crippen LogP contribution in [0.5, 0.6) is 0 Å². The van der Waals surface area contributed by atoms with E-state index in [2.05, 4.69) is 10.0 Å². The van der Waals surface area contributed by atoms with Gasteiger partial charge in [0.2, 0.25) is 10.0 Å². The lowest BCUT2D eigenvalue weighted by molar-refractivity contribution is -0.139. The van der Waals surface area contributed by atoms with E-state index in [4.69, 9.17) is 11.6 Å². The van der Waals surface area contributed by atoms with Crippen molar-refractivity contribution in [2.75, 3.05) is 19.6 Å². The molecule has 0 aromatic heterocycles. The van der Waals surface area contributed by atoms with Gasteiger partial charge in [-0.15, -0.1) is 0 Å². The van der Waals surface area contributed by atoms with E-state index in [1.807, 2.05) is 0 Å². The molecule has 1 heterocycles. The number of hydrogen-bond donors (Lipinski definition) is 2. The van der Waals surface area contributed by atoms with E-state index in [0.29, 0.717) is 18.4 Å². The van der Waals surface area contributed by atoms with Gasteiger partial charge in [-0.1, -0.05) is 17.7 Å². The molecule has 0 saturated carbocycles. The molecule has 1 fully saturated rings. The lowest BCUT2D eigenvalue weighted by Crippen LogP contribution is -2.33.